The first kappa shape index (κ1) is 12.9. The van der Waals surface area contributed by atoms with E-state index in [1.54, 1.807) is 6.07 Å². The van der Waals surface area contributed by atoms with Gasteiger partial charge in [-0.15, -0.1) is 0 Å². The maximum Gasteiger partial charge on any atom is 0.416 e. The predicted molar refractivity (Wildman–Crippen MR) is 59.9 cm³/mol. The lowest BCUT2D eigenvalue weighted by Gasteiger charge is -2.24. The fourth-order valence-corrected chi connectivity index (χ4v) is 1.91. The van der Waals surface area contributed by atoms with Gasteiger partial charge in [-0.1, -0.05) is 18.2 Å². The highest BCUT2D eigenvalue weighted by Gasteiger charge is 2.30. The molecule has 3 nitrogen and oxygen atoms in total. The first-order chi connectivity index (χ1) is 8.45. The molecule has 1 atom stereocenters. The first-order valence-electron chi connectivity index (χ1n) is 5.61. The predicted octanol–water partition coefficient (Wildman–Crippen LogP) is 1.34. The van der Waals surface area contributed by atoms with Crippen LogP contribution in [0, 0.1) is 0 Å². The number of piperazine rings is 1. The lowest BCUT2D eigenvalue weighted by molar-refractivity contribution is -0.137. The van der Waals surface area contributed by atoms with Crippen molar-refractivity contribution in [2.75, 3.05) is 13.1 Å². The van der Waals surface area contributed by atoms with Crippen molar-refractivity contribution in [3.8, 4) is 0 Å². The fraction of sp³-hybridized carbons (Fsp3) is 0.417. The molecule has 1 heterocycles. The summed E-state index contributed by atoms with van der Waals surface area (Å²) in [5, 5.41) is 5.66. The van der Waals surface area contributed by atoms with Gasteiger partial charge in [-0.25, -0.2) is 0 Å². The van der Waals surface area contributed by atoms with Gasteiger partial charge in [0.1, 0.15) is 0 Å². The van der Waals surface area contributed by atoms with E-state index < -0.39 is 11.7 Å². The molecule has 1 aliphatic heterocycles. The van der Waals surface area contributed by atoms with E-state index in [4.69, 9.17) is 0 Å². The number of amides is 1. The van der Waals surface area contributed by atoms with E-state index in [0.717, 1.165) is 12.1 Å². The van der Waals surface area contributed by atoms with Gasteiger partial charge in [0.05, 0.1) is 12.1 Å². The molecule has 1 aromatic rings. The summed E-state index contributed by atoms with van der Waals surface area (Å²) in [6, 6.07) is 5.25. The molecule has 1 saturated heterocycles. The monoisotopic (exact) mass is 258 g/mol. The Morgan fingerprint density at radius 2 is 2.11 bits per heavy atom. The molecule has 2 rings (SSSR count). The van der Waals surface area contributed by atoms with Crippen LogP contribution in [0.25, 0.3) is 0 Å². The normalized spacial score (nSPS) is 20.6. The van der Waals surface area contributed by atoms with Crippen LogP contribution in [0.15, 0.2) is 24.3 Å². The Balaban J connectivity index is 2.03. The summed E-state index contributed by atoms with van der Waals surface area (Å²) >= 11 is 0. The Morgan fingerprint density at radius 3 is 2.72 bits per heavy atom. The first-order valence-corrected chi connectivity index (χ1v) is 5.61. The van der Waals surface area contributed by atoms with E-state index in [0.29, 0.717) is 18.5 Å². The van der Waals surface area contributed by atoms with Crippen LogP contribution in [0.3, 0.4) is 0 Å². The third-order valence-corrected chi connectivity index (χ3v) is 2.83. The highest BCUT2D eigenvalue weighted by Crippen LogP contribution is 2.29. The Labute approximate surface area is 102 Å². The number of alkyl halides is 3. The van der Waals surface area contributed by atoms with Crippen LogP contribution >= 0.6 is 0 Å². The average Bonchev–Trinajstić information content (AvgIpc) is 2.31. The molecule has 1 aromatic carbocycles. The minimum absolute atomic E-state index is 0.0221. The average molecular weight is 258 g/mol. The topological polar surface area (TPSA) is 41.1 Å². The van der Waals surface area contributed by atoms with E-state index in [1.165, 1.54) is 6.07 Å². The number of halogens is 3. The van der Waals surface area contributed by atoms with Crippen LogP contribution in [0.1, 0.15) is 11.1 Å². The Morgan fingerprint density at radius 1 is 1.33 bits per heavy atom. The van der Waals surface area contributed by atoms with Crippen molar-refractivity contribution in [1.29, 1.82) is 0 Å². The van der Waals surface area contributed by atoms with Crippen LogP contribution in [0.5, 0.6) is 0 Å². The van der Waals surface area contributed by atoms with E-state index in [1.807, 2.05) is 0 Å². The molecule has 0 saturated carbocycles. The lowest BCUT2D eigenvalue weighted by Crippen LogP contribution is -2.52. The number of carbonyl (C=O) groups excluding carboxylic acids is 1. The Hall–Kier alpha value is -1.56. The third-order valence-electron chi connectivity index (χ3n) is 2.83. The largest absolute Gasteiger partial charge is 0.416 e. The Bertz CT molecular complexity index is 435. The van der Waals surface area contributed by atoms with E-state index in [9.17, 15) is 18.0 Å². The summed E-state index contributed by atoms with van der Waals surface area (Å²) in [7, 11) is 0. The molecule has 0 radical (unpaired) electrons. The van der Waals surface area contributed by atoms with E-state index in [-0.39, 0.29) is 18.5 Å². The van der Waals surface area contributed by atoms with E-state index >= 15 is 0 Å². The number of nitrogens with one attached hydrogen (secondary N) is 2. The van der Waals surface area contributed by atoms with Crippen LogP contribution in [-0.4, -0.2) is 25.0 Å². The van der Waals surface area contributed by atoms with Crippen molar-refractivity contribution >= 4 is 5.91 Å². The van der Waals surface area contributed by atoms with Crippen LogP contribution in [0.2, 0.25) is 0 Å². The molecule has 0 spiro atoms. The number of hydrogen-bond acceptors (Lipinski definition) is 2. The quantitative estimate of drug-likeness (QED) is 0.840. The minimum Gasteiger partial charge on any atom is -0.353 e. The molecule has 18 heavy (non-hydrogen) atoms. The molecule has 1 aliphatic rings. The molecular weight excluding hydrogens is 245 g/mol. The van der Waals surface area contributed by atoms with Gasteiger partial charge in [-0.05, 0) is 18.1 Å². The summed E-state index contributed by atoms with van der Waals surface area (Å²) in [4.78, 5) is 10.9. The SMILES string of the molecule is O=C1CNC(Cc2cccc(C(F)(F)F)c2)CN1. The van der Waals surface area contributed by atoms with Crippen molar-refractivity contribution in [1.82, 2.24) is 10.6 Å². The molecule has 1 fully saturated rings. The fourth-order valence-electron chi connectivity index (χ4n) is 1.91. The Kier molecular flexibility index (Phi) is 3.56. The zero-order valence-electron chi connectivity index (χ0n) is 9.55. The van der Waals surface area contributed by atoms with Gasteiger partial charge in [0, 0.05) is 12.6 Å². The second kappa shape index (κ2) is 4.97. The van der Waals surface area contributed by atoms with Gasteiger partial charge in [0.2, 0.25) is 5.91 Å². The minimum atomic E-state index is -4.32. The summed E-state index contributed by atoms with van der Waals surface area (Å²) < 4.78 is 37.6. The maximum atomic E-state index is 12.5. The van der Waals surface area contributed by atoms with Crippen molar-refractivity contribution in [3.05, 3.63) is 35.4 Å². The summed E-state index contributed by atoms with van der Waals surface area (Å²) in [5.74, 6) is -0.0877. The second-order valence-electron chi connectivity index (χ2n) is 4.28. The standard InChI is InChI=1S/C12H13F3N2O/c13-12(14,15)9-3-1-2-8(4-9)5-10-6-17-11(18)7-16-10/h1-4,10,16H,5-7H2,(H,17,18). The number of carbonyl (C=O) groups is 1. The number of rotatable bonds is 2. The summed E-state index contributed by atoms with van der Waals surface area (Å²) in [6.07, 6.45) is -3.85. The molecule has 1 unspecified atom stereocenters. The van der Waals surface area contributed by atoms with Crippen molar-refractivity contribution in [2.24, 2.45) is 0 Å². The third kappa shape index (κ3) is 3.22. The zero-order chi connectivity index (χ0) is 13.2. The molecule has 2 N–H and O–H groups in total. The highest BCUT2D eigenvalue weighted by atomic mass is 19.4. The van der Waals surface area contributed by atoms with Crippen molar-refractivity contribution < 1.29 is 18.0 Å². The van der Waals surface area contributed by atoms with Crippen molar-refractivity contribution in [3.63, 3.8) is 0 Å². The zero-order valence-corrected chi connectivity index (χ0v) is 9.55. The molecular formula is C12H13F3N2O. The maximum absolute atomic E-state index is 12.5. The molecule has 1 amide bonds. The van der Waals surface area contributed by atoms with Gasteiger partial charge in [0.25, 0.3) is 0 Å². The molecule has 6 heteroatoms. The van der Waals surface area contributed by atoms with Crippen LogP contribution in [-0.2, 0) is 17.4 Å². The van der Waals surface area contributed by atoms with Gasteiger partial charge in [-0.2, -0.15) is 13.2 Å². The van der Waals surface area contributed by atoms with E-state index in [2.05, 4.69) is 10.6 Å². The van der Waals surface area contributed by atoms with Gasteiger partial charge in [-0.3, -0.25) is 4.79 Å². The highest BCUT2D eigenvalue weighted by molar-refractivity contribution is 5.78. The van der Waals surface area contributed by atoms with Crippen LogP contribution in [0.4, 0.5) is 13.2 Å². The summed E-state index contributed by atoms with van der Waals surface area (Å²) in [6.45, 7) is 0.651. The van der Waals surface area contributed by atoms with Crippen LogP contribution < -0.4 is 10.6 Å². The smallest absolute Gasteiger partial charge is 0.353 e. The molecule has 0 aromatic heterocycles. The number of hydrogen-bond donors (Lipinski definition) is 2. The van der Waals surface area contributed by atoms with Crippen molar-refractivity contribution in [2.45, 2.75) is 18.6 Å². The number of benzene rings is 1. The lowest BCUT2D eigenvalue weighted by atomic mass is 10.0. The molecule has 0 aliphatic carbocycles. The van der Waals surface area contributed by atoms with Gasteiger partial charge >= 0.3 is 6.18 Å². The van der Waals surface area contributed by atoms with Gasteiger partial charge < -0.3 is 10.6 Å². The molecule has 98 valence electrons. The second-order valence-corrected chi connectivity index (χ2v) is 4.28. The molecule has 0 bridgehead atoms. The van der Waals surface area contributed by atoms with Gasteiger partial charge in [0.15, 0.2) is 0 Å². The summed E-state index contributed by atoms with van der Waals surface area (Å²) in [5.41, 5.74) is -0.0293.